The summed E-state index contributed by atoms with van der Waals surface area (Å²) in [6.45, 7) is 1.27. The van der Waals surface area contributed by atoms with Gasteiger partial charge in [-0.3, -0.25) is 4.79 Å². The zero-order valence-corrected chi connectivity index (χ0v) is 14.0. The van der Waals surface area contributed by atoms with E-state index in [0.29, 0.717) is 11.1 Å². The highest BCUT2D eigenvalue weighted by Gasteiger charge is 2.21. The summed E-state index contributed by atoms with van der Waals surface area (Å²) in [4.78, 5) is 12.4. The summed E-state index contributed by atoms with van der Waals surface area (Å²) in [6, 6.07) is 9.81. The van der Waals surface area contributed by atoms with E-state index in [-0.39, 0.29) is 5.56 Å². The van der Waals surface area contributed by atoms with Crippen molar-refractivity contribution in [3.05, 3.63) is 82.9 Å². The number of hydrogen-bond donors (Lipinski definition) is 2. The Bertz CT molecular complexity index is 1020. The first-order valence-corrected chi connectivity index (χ1v) is 7.82. The van der Waals surface area contributed by atoms with Gasteiger partial charge in [-0.15, -0.1) is 0 Å². The number of rotatable bonds is 3. The molecule has 0 aliphatic rings. The van der Waals surface area contributed by atoms with Gasteiger partial charge >= 0.3 is 0 Å². The van der Waals surface area contributed by atoms with Crippen LogP contribution in [-0.4, -0.2) is 11.0 Å². The Kier molecular flexibility index (Phi) is 4.85. The van der Waals surface area contributed by atoms with Crippen LogP contribution >= 0.6 is 0 Å². The maximum Gasteiger partial charge on any atom is 0.258 e. The normalized spacial score (nSPS) is 10.7. The molecule has 0 bridgehead atoms. The van der Waals surface area contributed by atoms with E-state index in [2.05, 4.69) is 0 Å². The van der Waals surface area contributed by atoms with Crippen molar-refractivity contribution in [2.45, 2.75) is 6.92 Å². The van der Waals surface area contributed by atoms with E-state index in [1.807, 2.05) is 5.32 Å². The van der Waals surface area contributed by atoms with Crippen molar-refractivity contribution in [3.8, 4) is 16.9 Å². The number of aromatic hydroxyl groups is 1. The fourth-order valence-electron chi connectivity index (χ4n) is 2.59. The largest absolute Gasteiger partial charge is 0.505 e. The summed E-state index contributed by atoms with van der Waals surface area (Å²) in [5.74, 6) is -5.85. The molecule has 138 valence electrons. The number of halogens is 4. The standard InChI is InChI=1S/C20H13F4NO2/c1-10-7-16(26)18(24)19(17(10)23)25-20(27)14-9-12(5-6-15(14)22)11-3-2-4-13(21)8-11/h2-9,26H,1H3,(H,25,27). The molecule has 3 nitrogen and oxygen atoms in total. The Morgan fingerprint density at radius 3 is 2.33 bits per heavy atom. The highest BCUT2D eigenvalue weighted by Crippen LogP contribution is 2.30. The van der Waals surface area contributed by atoms with Gasteiger partial charge in [0.15, 0.2) is 17.4 Å². The van der Waals surface area contributed by atoms with E-state index in [1.165, 1.54) is 31.2 Å². The van der Waals surface area contributed by atoms with Crippen LogP contribution in [0.2, 0.25) is 0 Å². The van der Waals surface area contributed by atoms with Crippen molar-refractivity contribution in [3.63, 3.8) is 0 Å². The number of phenolic OH excluding ortho intramolecular Hbond substituents is 1. The monoisotopic (exact) mass is 375 g/mol. The van der Waals surface area contributed by atoms with E-state index in [4.69, 9.17) is 0 Å². The van der Waals surface area contributed by atoms with Gasteiger partial charge in [0, 0.05) is 0 Å². The minimum Gasteiger partial charge on any atom is -0.505 e. The first kappa shape index (κ1) is 18.4. The second kappa shape index (κ2) is 7.11. The third kappa shape index (κ3) is 3.62. The van der Waals surface area contributed by atoms with Crippen molar-refractivity contribution in [2.24, 2.45) is 0 Å². The van der Waals surface area contributed by atoms with Gasteiger partial charge in [0.05, 0.1) is 5.56 Å². The fraction of sp³-hybridized carbons (Fsp3) is 0.0500. The molecule has 1 amide bonds. The molecule has 3 rings (SSSR count). The lowest BCUT2D eigenvalue weighted by atomic mass is 10.0. The van der Waals surface area contributed by atoms with Gasteiger partial charge < -0.3 is 10.4 Å². The average molecular weight is 375 g/mol. The van der Waals surface area contributed by atoms with E-state index >= 15 is 0 Å². The van der Waals surface area contributed by atoms with E-state index in [0.717, 1.165) is 18.2 Å². The van der Waals surface area contributed by atoms with Crippen LogP contribution in [0.4, 0.5) is 23.2 Å². The number of aryl methyl sites for hydroxylation is 1. The van der Waals surface area contributed by atoms with Gasteiger partial charge in [0.25, 0.3) is 5.91 Å². The van der Waals surface area contributed by atoms with Crippen molar-refractivity contribution < 1.29 is 27.5 Å². The van der Waals surface area contributed by atoms with Gasteiger partial charge in [0.1, 0.15) is 17.3 Å². The maximum absolute atomic E-state index is 14.1. The zero-order valence-electron chi connectivity index (χ0n) is 14.0. The maximum atomic E-state index is 14.1. The molecule has 0 saturated carbocycles. The lowest BCUT2D eigenvalue weighted by Crippen LogP contribution is -2.16. The van der Waals surface area contributed by atoms with Crippen LogP contribution in [-0.2, 0) is 0 Å². The molecule has 0 aliphatic carbocycles. The van der Waals surface area contributed by atoms with E-state index in [9.17, 15) is 27.5 Å². The lowest BCUT2D eigenvalue weighted by molar-refractivity contribution is 0.102. The topological polar surface area (TPSA) is 49.3 Å². The molecule has 3 aromatic carbocycles. The van der Waals surface area contributed by atoms with Crippen LogP contribution in [0.25, 0.3) is 11.1 Å². The number of anilines is 1. The molecule has 0 fully saturated rings. The predicted octanol–water partition coefficient (Wildman–Crippen LogP) is 5.18. The molecule has 27 heavy (non-hydrogen) atoms. The van der Waals surface area contributed by atoms with Crippen LogP contribution in [0.1, 0.15) is 15.9 Å². The van der Waals surface area contributed by atoms with Crippen LogP contribution < -0.4 is 5.32 Å². The zero-order chi connectivity index (χ0) is 19.7. The summed E-state index contributed by atoms with van der Waals surface area (Å²) in [7, 11) is 0. The first-order valence-electron chi connectivity index (χ1n) is 7.82. The molecule has 0 saturated heterocycles. The van der Waals surface area contributed by atoms with Gasteiger partial charge in [-0.05, 0) is 53.9 Å². The number of carbonyl (C=O) groups is 1. The molecular formula is C20H13F4NO2. The minimum absolute atomic E-state index is 0.0989. The Morgan fingerprint density at radius 1 is 0.926 bits per heavy atom. The third-order valence-corrected chi connectivity index (χ3v) is 3.97. The SMILES string of the molecule is Cc1cc(O)c(F)c(NC(=O)c2cc(-c3cccc(F)c3)ccc2F)c1F. The fourth-order valence-corrected chi connectivity index (χ4v) is 2.59. The summed E-state index contributed by atoms with van der Waals surface area (Å²) in [5, 5.41) is 11.4. The summed E-state index contributed by atoms with van der Waals surface area (Å²) >= 11 is 0. The second-order valence-electron chi connectivity index (χ2n) is 5.87. The van der Waals surface area contributed by atoms with Gasteiger partial charge in [0.2, 0.25) is 0 Å². The van der Waals surface area contributed by atoms with Crippen molar-refractivity contribution in [2.75, 3.05) is 5.32 Å². The summed E-state index contributed by atoms with van der Waals surface area (Å²) in [5.41, 5.74) is -0.730. The smallest absolute Gasteiger partial charge is 0.258 e. The van der Waals surface area contributed by atoms with Crippen LogP contribution in [0.15, 0.2) is 48.5 Å². The van der Waals surface area contributed by atoms with E-state index in [1.54, 1.807) is 6.07 Å². The van der Waals surface area contributed by atoms with Crippen LogP contribution in [0.5, 0.6) is 5.75 Å². The molecule has 2 N–H and O–H groups in total. The molecule has 7 heteroatoms. The van der Waals surface area contributed by atoms with Gasteiger partial charge in [-0.2, -0.15) is 0 Å². The number of amides is 1. The first-order chi connectivity index (χ1) is 12.8. The molecule has 3 aromatic rings. The third-order valence-electron chi connectivity index (χ3n) is 3.97. The quantitative estimate of drug-likeness (QED) is 0.620. The highest BCUT2D eigenvalue weighted by atomic mass is 19.1. The lowest BCUT2D eigenvalue weighted by Gasteiger charge is -2.12. The molecule has 0 aliphatic heterocycles. The Labute approximate surface area is 151 Å². The molecule has 0 atom stereocenters. The number of phenols is 1. The number of benzene rings is 3. The molecule has 0 unspecified atom stereocenters. The summed E-state index contributed by atoms with van der Waals surface area (Å²) in [6.07, 6.45) is 0. The Hall–Kier alpha value is -3.35. The molecular weight excluding hydrogens is 362 g/mol. The number of hydrogen-bond acceptors (Lipinski definition) is 2. The van der Waals surface area contributed by atoms with Crippen molar-refractivity contribution >= 4 is 11.6 Å². The molecule has 0 radical (unpaired) electrons. The highest BCUT2D eigenvalue weighted by molar-refractivity contribution is 6.05. The van der Waals surface area contributed by atoms with Crippen LogP contribution in [0, 0.1) is 30.2 Å². The van der Waals surface area contributed by atoms with Crippen molar-refractivity contribution in [1.29, 1.82) is 0 Å². The van der Waals surface area contributed by atoms with Gasteiger partial charge in [-0.25, -0.2) is 17.6 Å². The molecule has 0 aromatic heterocycles. The number of nitrogens with one attached hydrogen (secondary N) is 1. The predicted molar refractivity (Wildman–Crippen MR) is 92.5 cm³/mol. The average Bonchev–Trinajstić information content (AvgIpc) is 2.64. The number of carbonyl (C=O) groups excluding carboxylic acids is 1. The Balaban J connectivity index is 2.00. The summed E-state index contributed by atoms with van der Waals surface area (Å²) < 4.78 is 55.6. The van der Waals surface area contributed by atoms with E-state index < -0.39 is 46.2 Å². The second-order valence-corrected chi connectivity index (χ2v) is 5.87. The van der Waals surface area contributed by atoms with Crippen LogP contribution in [0.3, 0.4) is 0 Å². The van der Waals surface area contributed by atoms with Gasteiger partial charge in [-0.1, -0.05) is 18.2 Å². The molecule has 0 spiro atoms. The Morgan fingerprint density at radius 2 is 1.63 bits per heavy atom. The molecule has 0 heterocycles. The van der Waals surface area contributed by atoms with Crippen molar-refractivity contribution in [1.82, 2.24) is 0 Å². The minimum atomic E-state index is -1.37.